The highest BCUT2D eigenvalue weighted by Crippen LogP contribution is 2.19. The van der Waals surface area contributed by atoms with Gasteiger partial charge in [0.05, 0.1) is 12.9 Å². The maximum Gasteiger partial charge on any atom is 0.215 e. The highest BCUT2D eigenvalue weighted by molar-refractivity contribution is 7.88. The predicted molar refractivity (Wildman–Crippen MR) is 93.1 cm³/mol. The van der Waals surface area contributed by atoms with Crippen LogP contribution in [0.25, 0.3) is 0 Å². The molecule has 130 valence electrons. The van der Waals surface area contributed by atoms with Crippen LogP contribution in [0.4, 0.5) is 0 Å². The summed E-state index contributed by atoms with van der Waals surface area (Å²) in [6.07, 6.45) is 2.12. The highest BCUT2D eigenvalue weighted by Gasteiger charge is 2.22. The summed E-state index contributed by atoms with van der Waals surface area (Å²) in [6.45, 7) is 7.07. The number of ether oxygens (including phenoxy) is 1. The van der Waals surface area contributed by atoms with E-state index in [0.29, 0.717) is 18.5 Å². The molecule has 0 saturated carbocycles. The fraction of sp³-hybridized carbons (Fsp3) is 0.647. The Balaban J connectivity index is 1.80. The third-order valence-electron chi connectivity index (χ3n) is 4.49. The van der Waals surface area contributed by atoms with Crippen LogP contribution >= 0.6 is 0 Å². The summed E-state index contributed by atoms with van der Waals surface area (Å²) >= 11 is 0. The van der Waals surface area contributed by atoms with Crippen LogP contribution in [-0.4, -0.2) is 46.1 Å². The topological polar surface area (TPSA) is 58.6 Å². The number of likely N-dealkylation sites (tertiary alicyclic amines) is 1. The highest BCUT2D eigenvalue weighted by atomic mass is 32.2. The summed E-state index contributed by atoms with van der Waals surface area (Å²) in [4.78, 5) is 2.45. The number of nitrogens with zero attached hydrogens (tertiary/aromatic N) is 1. The molecular formula is C17H28N2O3S. The molecule has 1 heterocycles. The lowest BCUT2D eigenvalue weighted by molar-refractivity contribution is 0.150. The Morgan fingerprint density at radius 2 is 1.83 bits per heavy atom. The lowest BCUT2D eigenvalue weighted by atomic mass is 9.96. The van der Waals surface area contributed by atoms with Gasteiger partial charge >= 0.3 is 0 Å². The quantitative estimate of drug-likeness (QED) is 0.827. The average molecular weight is 340 g/mol. The van der Waals surface area contributed by atoms with Crippen molar-refractivity contribution >= 4 is 10.0 Å². The van der Waals surface area contributed by atoms with Gasteiger partial charge in [-0.1, -0.05) is 12.1 Å². The van der Waals surface area contributed by atoms with Gasteiger partial charge in [0.25, 0.3) is 0 Å². The molecule has 5 nitrogen and oxygen atoms in total. The Morgan fingerprint density at radius 3 is 2.35 bits per heavy atom. The summed E-state index contributed by atoms with van der Waals surface area (Å²) in [5.41, 5.74) is 0.771. The Hall–Kier alpha value is -1.11. The predicted octanol–water partition coefficient (Wildman–Crippen LogP) is 2.23. The Morgan fingerprint density at radius 1 is 1.22 bits per heavy atom. The minimum Gasteiger partial charge on any atom is -0.497 e. The van der Waals surface area contributed by atoms with Crippen molar-refractivity contribution in [2.45, 2.75) is 38.5 Å². The van der Waals surface area contributed by atoms with Crippen molar-refractivity contribution in [3.63, 3.8) is 0 Å². The van der Waals surface area contributed by atoms with E-state index in [1.807, 2.05) is 0 Å². The first-order chi connectivity index (χ1) is 10.9. The molecule has 1 fully saturated rings. The van der Waals surface area contributed by atoms with Crippen molar-refractivity contribution in [3.8, 4) is 5.75 Å². The molecule has 0 spiro atoms. The zero-order chi connectivity index (χ0) is 16.9. The molecule has 0 amide bonds. The van der Waals surface area contributed by atoms with Crippen molar-refractivity contribution in [3.05, 3.63) is 29.8 Å². The maximum atomic E-state index is 12.2. The van der Waals surface area contributed by atoms with Crippen molar-refractivity contribution in [2.75, 3.05) is 26.7 Å². The van der Waals surface area contributed by atoms with E-state index in [1.54, 1.807) is 31.4 Å². The van der Waals surface area contributed by atoms with Crippen LogP contribution in [0, 0.1) is 5.92 Å². The molecule has 0 radical (unpaired) electrons. The number of benzene rings is 1. The first-order valence-electron chi connectivity index (χ1n) is 8.24. The number of rotatable bonds is 7. The number of hydrogen-bond donors (Lipinski definition) is 1. The minimum absolute atomic E-state index is 0.0157. The molecule has 1 aliphatic heterocycles. The van der Waals surface area contributed by atoms with Crippen LogP contribution in [0.3, 0.4) is 0 Å². The fourth-order valence-corrected chi connectivity index (χ4v) is 4.13. The average Bonchev–Trinajstić information content (AvgIpc) is 2.54. The molecule has 2 rings (SSSR count). The smallest absolute Gasteiger partial charge is 0.215 e. The standard InChI is InChI=1S/C17H28N2O3S/c1-14(2)19-10-8-15(9-11-19)12-18-23(20,21)13-16-4-6-17(22-3)7-5-16/h4-7,14-15,18H,8-13H2,1-3H3. The number of hydrogen-bond acceptors (Lipinski definition) is 4. The van der Waals surface area contributed by atoms with Gasteiger partial charge in [0.2, 0.25) is 10.0 Å². The third kappa shape index (κ3) is 5.79. The first kappa shape index (κ1) is 18.2. The second-order valence-corrected chi connectivity index (χ2v) is 8.34. The van der Waals surface area contributed by atoms with Gasteiger partial charge < -0.3 is 9.64 Å². The van der Waals surface area contributed by atoms with Crippen LogP contribution in [0.5, 0.6) is 5.75 Å². The third-order valence-corrected chi connectivity index (χ3v) is 5.81. The van der Waals surface area contributed by atoms with E-state index < -0.39 is 10.0 Å². The molecule has 0 aliphatic carbocycles. The molecular weight excluding hydrogens is 312 g/mol. The van der Waals surface area contributed by atoms with E-state index in [1.165, 1.54) is 0 Å². The molecule has 23 heavy (non-hydrogen) atoms. The van der Waals surface area contributed by atoms with Gasteiger partial charge in [0, 0.05) is 12.6 Å². The zero-order valence-corrected chi connectivity index (χ0v) is 15.1. The van der Waals surface area contributed by atoms with Crippen molar-refractivity contribution in [2.24, 2.45) is 5.92 Å². The Bertz CT molecular complexity index is 576. The lowest BCUT2D eigenvalue weighted by Crippen LogP contribution is -2.41. The van der Waals surface area contributed by atoms with Gasteiger partial charge in [-0.15, -0.1) is 0 Å². The Labute approximate surface area is 140 Å². The molecule has 1 aromatic rings. The summed E-state index contributed by atoms with van der Waals surface area (Å²) in [5, 5.41) is 0. The fourth-order valence-electron chi connectivity index (χ4n) is 2.91. The Kier molecular flexibility index (Phi) is 6.44. The second-order valence-electron chi connectivity index (χ2n) is 6.53. The van der Waals surface area contributed by atoms with Gasteiger partial charge in [0.1, 0.15) is 5.75 Å². The van der Waals surface area contributed by atoms with Crippen LogP contribution in [0.1, 0.15) is 32.3 Å². The van der Waals surface area contributed by atoms with E-state index in [4.69, 9.17) is 4.74 Å². The summed E-state index contributed by atoms with van der Waals surface area (Å²) in [6, 6.07) is 7.72. The molecule has 1 N–H and O–H groups in total. The van der Waals surface area contributed by atoms with Gasteiger partial charge in [-0.3, -0.25) is 0 Å². The molecule has 0 unspecified atom stereocenters. The van der Waals surface area contributed by atoms with Crippen molar-refractivity contribution in [1.29, 1.82) is 0 Å². The lowest BCUT2D eigenvalue weighted by Gasteiger charge is -2.34. The first-order valence-corrected chi connectivity index (χ1v) is 9.89. The van der Waals surface area contributed by atoms with E-state index in [-0.39, 0.29) is 5.75 Å². The van der Waals surface area contributed by atoms with Gasteiger partial charge in [-0.25, -0.2) is 13.1 Å². The van der Waals surface area contributed by atoms with E-state index >= 15 is 0 Å². The van der Waals surface area contributed by atoms with Gasteiger partial charge in [-0.05, 0) is 63.4 Å². The zero-order valence-electron chi connectivity index (χ0n) is 14.3. The van der Waals surface area contributed by atoms with Gasteiger partial charge in [0.15, 0.2) is 0 Å². The maximum absolute atomic E-state index is 12.2. The summed E-state index contributed by atoms with van der Waals surface area (Å²) in [5.74, 6) is 1.19. The van der Waals surface area contributed by atoms with E-state index in [0.717, 1.165) is 37.2 Å². The number of nitrogens with one attached hydrogen (secondary N) is 1. The number of methoxy groups -OCH3 is 1. The molecule has 0 atom stereocenters. The SMILES string of the molecule is COc1ccc(CS(=O)(=O)NCC2CCN(C(C)C)CC2)cc1. The minimum atomic E-state index is -3.29. The van der Waals surface area contributed by atoms with Crippen LogP contribution in [-0.2, 0) is 15.8 Å². The van der Waals surface area contributed by atoms with E-state index in [2.05, 4.69) is 23.5 Å². The monoisotopic (exact) mass is 340 g/mol. The second kappa shape index (κ2) is 8.13. The van der Waals surface area contributed by atoms with E-state index in [9.17, 15) is 8.42 Å². The summed E-state index contributed by atoms with van der Waals surface area (Å²) in [7, 11) is -1.69. The molecule has 6 heteroatoms. The van der Waals surface area contributed by atoms with Crippen LogP contribution in [0.15, 0.2) is 24.3 Å². The largest absolute Gasteiger partial charge is 0.497 e. The normalized spacial score (nSPS) is 17.6. The summed E-state index contributed by atoms with van der Waals surface area (Å²) < 4.78 is 32.3. The number of sulfonamides is 1. The van der Waals surface area contributed by atoms with Crippen molar-refractivity contribution < 1.29 is 13.2 Å². The molecule has 0 aromatic heterocycles. The van der Waals surface area contributed by atoms with Crippen LogP contribution in [0.2, 0.25) is 0 Å². The van der Waals surface area contributed by atoms with Gasteiger partial charge in [-0.2, -0.15) is 0 Å². The molecule has 0 bridgehead atoms. The molecule has 1 aromatic carbocycles. The number of piperidine rings is 1. The van der Waals surface area contributed by atoms with Crippen molar-refractivity contribution in [1.82, 2.24) is 9.62 Å². The van der Waals surface area contributed by atoms with Crippen LogP contribution < -0.4 is 9.46 Å². The molecule has 1 saturated heterocycles. The molecule has 1 aliphatic rings.